The van der Waals surface area contributed by atoms with Gasteiger partial charge in [0.2, 0.25) is 0 Å². The van der Waals surface area contributed by atoms with Gasteiger partial charge >= 0.3 is 5.97 Å². The lowest BCUT2D eigenvalue weighted by atomic mass is 9.82. The van der Waals surface area contributed by atoms with Crippen molar-refractivity contribution in [1.82, 2.24) is 4.90 Å². The highest BCUT2D eigenvalue weighted by atomic mass is 19.1. The first-order valence-corrected chi connectivity index (χ1v) is 10.9. The molecule has 0 spiro atoms. The molecule has 1 heterocycles. The molecule has 1 unspecified atom stereocenters. The number of nitrogens with two attached hydrogens (primary N) is 1. The molecule has 1 aliphatic rings. The molecule has 1 aliphatic heterocycles. The van der Waals surface area contributed by atoms with Crippen LogP contribution in [0.5, 0.6) is 0 Å². The third kappa shape index (κ3) is 5.39. The molecule has 0 radical (unpaired) electrons. The van der Waals surface area contributed by atoms with Crippen LogP contribution in [-0.4, -0.2) is 40.4 Å². The lowest BCUT2D eigenvalue weighted by Crippen LogP contribution is -2.48. The first kappa shape index (κ1) is 25.2. The van der Waals surface area contributed by atoms with E-state index < -0.39 is 29.3 Å². The van der Waals surface area contributed by atoms with Crippen LogP contribution in [0, 0.1) is 17.0 Å². The van der Waals surface area contributed by atoms with E-state index in [2.05, 4.69) is 0 Å². The second-order valence-electron chi connectivity index (χ2n) is 9.10. The second kappa shape index (κ2) is 9.85. The molecule has 3 rings (SSSR count). The summed E-state index contributed by atoms with van der Waals surface area (Å²) in [6.45, 7) is 4.67. The zero-order valence-corrected chi connectivity index (χ0v) is 19.3. The number of benzene rings is 2. The number of nitrogens with zero attached hydrogens (tertiary/aromatic N) is 1. The highest BCUT2D eigenvalue weighted by Crippen LogP contribution is 2.42. The zero-order valence-electron chi connectivity index (χ0n) is 19.3. The van der Waals surface area contributed by atoms with E-state index in [1.165, 1.54) is 20.0 Å². The van der Waals surface area contributed by atoms with E-state index in [1.807, 2.05) is 13.0 Å². The van der Waals surface area contributed by atoms with Crippen LogP contribution in [0.4, 0.5) is 13.2 Å². The van der Waals surface area contributed by atoms with Gasteiger partial charge in [-0.05, 0) is 67.7 Å². The number of alkyl halides is 1. The normalized spacial score (nSPS) is 19.3. The van der Waals surface area contributed by atoms with Crippen molar-refractivity contribution in [1.29, 1.82) is 5.41 Å². The number of hydrogen-bond acceptors (Lipinski definition) is 4. The number of carboxylic acids is 1. The monoisotopic (exact) mass is 471 g/mol. The molecule has 0 fully saturated rings. The summed E-state index contributed by atoms with van der Waals surface area (Å²) in [5.41, 5.74) is 6.53. The number of allylic oxidation sites excluding steroid dienone is 1. The standard InChI is InChI=1S/C26H28F3N3O2/c1-15-8-18-11-17(19(12-30)13-31)5-6-20(18)25(32(15)14-26(2,3)29)24-21(27)9-16(10-22(24)28)4-7-23(33)34/h4-7,9-13,15,25,30H,8,14,31H2,1-3H3,(H,33,34)/b7-4+,19-13+,30-12?/t15-,25?/m1/s1. The maximum Gasteiger partial charge on any atom is 0.328 e. The molecule has 2 aromatic rings. The first-order chi connectivity index (χ1) is 15.9. The fraction of sp³-hybridized carbons (Fsp3) is 0.308. The van der Waals surface area contributed by atoms with Gasteiger partial charge in [0.15, 0.2) is 0 Å². The van der Waals surface area contributed by atoms with Crippen LogP contribution in [0.1, 0.15) is 54.6 Å². The van der Waals surface area contributed by atoms with E-state index in [0.717, 1.165) is 36.1 Å². The Hall–Kier alpha value is -3.39. The zero-order chi connectivity index (χ0) is 25.2. The molecule has 5 nitrogen and oxygen atoms in total. The molecule has 0 saturated heterocycles. The van der Waals surface area contributed by atoms with Crippen LogP contribution >= 0.6 is 0 Å². The van der Waals surface area contributed by atoms with Crippen LogP contribution < -0.4 is 5.73 Å². The average Bonchev–Trinajstić information content (AvgIpc) is 2.73. The Morgan fingerprint density at radius 1 is 1.26 bits per heavy atom. The highest BCUT2D eigenvalue weighted by molar-refractivity contribution is 6.08. The average molecular weight is 472 g/mol. The van der Waals surface area contributed by atoms with Gasteiger partial charge in [-0.1, -0.05) is 18.2 Å². The number of nitrogens with one attached hydrogen (secondary N) is 1. The predicted octanol–water partition coefficient (Wildman–Crippen LogP) is 5.10. The van der Waals surface area contributed by atoms with Crippen molar-refractivity contribution in [3.8, 4) is 0 Å². The van der Waals surface area contributed by atoms with Crippen molar-refractivity contribution >= 4 is 23.8 Å². The predicted molar refractivity (Wildman–Crippen MR) is 127 cm³/mol. The van der Waals surface area contributed by atoms with E-state index in [0.29, 0.717) is 23.1 Å². The van der Waals surface area contributed by atoms with Crippen molar-refractivity contribution in [3.63, 3.8) is 0 Å². The van der Waals surface area contributed by atoms with Crippen LogP contribution in [-0.2, 0) is 11.2 Å². The van der Waals surface area contributed by atoms with Crippen LogP contribution in [0.15, 0.2) is 42.6 Å². The summed E-state index contributed by atoms with van der Waals surface area (Å²) in [6, 6.07) is 6.33. The van der Waals surface area contributed by atoms with E-state index in [1.54, 1.807) is 17.0 Å². The summed E-state index contributed by atoms with van der Waals surface area (Å²) >= 11 is 0. The fourth-order valence-corrected chi connectivity index (χ4v) is 4.46. The number of hydrogen-bond donors (Lipinski definition) is 3. The second-order valence-corrected chi connectivity index (χ2v) is 9.10. The van der Waals surface area contributed by atoms with Crippen molar-refractivity contribution in [2.45, 2.75) is 44.9 Å². The Labute approximate surface area is 196 Å². The van der Waals surface area contributed by atoms with Gasteiger partial charge in [0.05, 0.1) is 6.04 Å². The van der Waals surface area contributed by atoms with Crippen LogP contribution in [0.25, 0.3) is 11.6 Å². The third-order valence-corrected chi connectivity index (χ3v) is 5.87. The minimum absolute atomic E-state index is 0.0476. The van der Waals surface area contributed by atoms with Gasteiger partial charge in [-0.3, -0.25) is 4.90 Å². The minimum Gasteiger partial charge on any atom is -0.478 e. The lowest BCUT2D eigenvalue weighted by molar-refractivity contribution is -0.131. The van der Waals surface area contributed by atoms with Gasteiger partial charge < -0.3 is 16.2 Å². The van der Waals surface area contributed by atoms with Gasteiger partial charge in [-0.25, -0.2) is 18.0 Å². The number of aliphatic carboxylic acids is 1. The number of carbonyl (C=O) groups is 1. The molecule has 0 bridgehead atoms. The molecule has 4 N–H and O–H groups in total. The molecule has 8 heteroatoms. The van der Waals surface area contributed by atoms with Crippen LogP contribution in [0.3, 0.4) is 0 Å². The molecule has 0 saturated carbocycles. The summed E-state index contributed by atoms with van der Waals surface area (Å²) in [7, 11) is 0. The Morgan fingerprint density at radius 3 is 2.44 bits per heavy atom. The van der Waals surface area contributed by atoms with Crippen molar-refractivity contribution in [2.75, 3.05) is 6.54 Å². The molecule has 0 amide bonds. The van der Waals surface area contributed by atoms with Crippen LogP contribution in [0.2, 0.25) is 0 Å². The molecule has 2 aromatic carbocycles. The summed E-state index contributed by atoms with van der Waals surface area (Å²) in [4.78, 5) is 12.5. The number of halogens is 3. The Bertz CT molecular complexity index is 1150. The van der Waals surface area contributed by atoms with E-state index in [9.17, 15) is 9.18 Å². The van der Waals surface area contributed by atoms with Crippen molar-refractivity contribution in [2.24, 2.45) is 5.73 Å². The van der Waals surface area contributed by atoms with E-state index >= 15 is 8.78 Å². The minimum atomic E-state index is -1.61. The highest BCUT2D eigenvalue weighted by Gasteiger charge is 2.39. The quantitative estimate of drug-likeness (QED) is 0.387. The Morgan fingerprint density at radius 2 is 1.91 bits per heavy atom. The van der Waals surface area contributed by atoms with Gasteiger partial charge in [-0.2, -0.15) is 0 Å². The molecule has 180 valence electrons. The SMILES string of the molecule is C[C@@H]1Cc2cc(/C(C=N)=C/N)ccc2C(c2c(F)cc(/C=C/C(=O)O)cc2F)N1CC(C)(C)F. The van der Waals surface area contributed by atoms with Crippen molar-refractivity contribution in [3.05, 3.63) is 82.1 Å². The topological polar surface area (TPSA) is 90.4 Å². The Kier molecular flexibility index (Phi) is 7.31. The van der Waals surface area contributed by atoms with Gasteiger partial charge in [-0.15, -0.1) is 0 Å². The van der Waals surface area contributed by atoms with E-state index in [-0.39, 0.29) is 23.7 Å². The number of fused-ring (bicyclic) bond motifs is 1. The molecule has 0 aromatic heterocycles. The summed E-state index contributed by atoms with van der Waals surface area (Å²) < 4.78 is 45.5. The summed E-state index contributed by atoms with van der Waals surface area (Å²) in [6.07, 6.45) is 4.89. The van der Waals surface area contributed by atoms with Gasteiger partial charge in [0.25, 0.3) is 0 Å². The van der Waals surface area contributed by atoms with Gasteiger partial charge in [0.1, 0.15) is 17.3 Å². The molecular formula is C26H28F3N3O2. The van der Waals surface area contributed by atoms with E-state index in [4.69, 9.17) is 16.2 Å². The summed E-state index contributed by atoms with van der Waals surface area (Å²) in [5.74, 6) is -2.92. The fourth-order valence-electron chi connectivity index (χ4n) is 4.46. The number of rotatable bonds is 7. The first-order valence-electron chi connectivity index (χ1n) is 10.9. The maximum atomic E-state index is 15.4. The molecule has 0 aliphatic carbocycles. The lowest BCUT2D eigenvalue weighted by Gasteiger charge is -2.44. The summed E-state index contributed by atoms with van der Waals surface area (Å²) in [5, 5.41) is 16.4. The third-order valence-electron chi connectivity index (χ3n) is 5.87. The molecular weight excluding hydrogens is 443 g/mol. The molecule has 2 atom stereocenters. The Balaban J connectivity index is 2.21. The molecule has 34 heavy (non-hydrogen) atoms. The van der Waals surface area contributed by atoms with Crippen molar-refractivity contribution < 1.29 is 23.1 Å². The van der Waals surface area contributed by atoms with Gasteiger partial charge in [0, 0.05) is 42.2 Å². The number of carboxylic acid groups (broad SMARTS) is 1. The smallest absolute Gasteiger partial charge is 0.328 e. The largest absolute Gasteiger partial charge is 0.478 e. The maximum absolute atomic E-state index is 15.4.